The zero-order valence-corrected chi connectivity index (χ0v) is 19.9. The maximum atomic E-state index is 13.4. The molecule has 1 fully saturated rings. The molecular formula is C26H28N4O3S. The first-order valence-corrected chi connectivity index (χ1v) is 12.4. The van der Waals surface area contributed by atoms with Gasteiger partial charge in [-0.15, -0.1) is 0 Å². The zero-order chi connectivity index (χ0) is 23.7. The number of β-amino-alcohol motifs (C(OH)–C–C–N with tert-alkyl or cyclic N) is 1. The molecule has 2 aromatic carbocycles. The average molecular weight is 477 g/mol. The number of fused-ring (bicyclic) bond motifs is 1. The summed E-state index contributed by atoms with van der Waals surface area (Å²) in [5, 5.41) is 10.0. The van der Waals surface area contributed by atoms with Crippen LogP contribution in [0.1, 0.15) is 35.6 Å². The SMILES string of the molecule is CN(C(=O)Cc1ccc2sc(=O)[nH]c2c1)C(CN1CC[C@H](O)C1)c1cccc(C2=NC=CC2)c1. The Labute approximate surface area is 202 Å². The van der Waals surface area contributed by atoms with Gasteiger partial charge in [0.25, 0.3) is 0 Å². The van der Waals surface area contributed by atoms with Crippen molar-refractivity contribution in [2.45, 2.75) is 31.4 Å². The Hall–Kier alpha value is -3.07. The monoisotopic (exact) mass is 476 g/mol. The minimum absolute atomic E-state index is 0.00643. The van der Waals surface area contributed by atoms with E-state index in [9.17, 15) is 14.7 Å². The number of benzene rings is 2. The normalized spacial score (nSPS) is 19.0. The van der Waals surface area contributed by atoms with E-state index in [1.54, 1.807) is 0 Å². The van der Waals surface area contributed by atoms with Crippen LogP contribution < -0.4 is 4.87 Å². The Kier molecular flexibility index (Phi) is 6.45. The molecule has 176 valence electrons. The van der Waals surface area contributed by atoms with Gasteiger partial charge < -0.3 is 15.0 Å². The third-order valence-electron chi connectivity index (χ3n) is 6.63. The number of aliphatic hydroxyl groups excluding tert-OH is 1. The van der Waals surface area contributed by atoms with Crippen LogP contribution in [0.3, 0.4) is 0 Å². The van der Waals surface area contributed by atoms with Crippen molar-refractivity contribution in [3.8, 4) is 0 Å². The Balaban J connectivity index is 1.39. The highest BCUT2D eigenvalue weighted by Crippen LogP contribution is 2.26. The molecule has 0 radical (unpaired) electrons. The Morgan fingerprint density at radius 2 is 2.21 bits per heavy atom. The van der Waals surface area contributed by atoms with Crippen LogP contribution in [-0.4, -0.2) is 64.3 Å². The van der Waals surface area contributed by atoms with Crippen molar-refractivity contribution < 1.29 is 9.90 Å². The largest absolute Gasteiger partial charge is 0.392 e. The number of likely N-dealkylation sites (tertiary alicyclic amines) is 1. The molecule has 1 amide bonds. The van der Waals surface area contributed by atoms with Gasteiger partial charge >= 0.3 is 4.87 Å². The molecule has 34 heavy (non-hydrogen) atoms. The molecule has 2 atom stereocenters. The van der Waals surface area contributed by atoms with Crippen molar-refractivity contribution in [3.63, 3.8) is 0 Å². The number of thiazole rings is 1. The average Bonchev–Trinajstić information content (AvgIpc) is 3.57. The molecule has 2 N–H and O–H groups in total. The molecular weight excluding hydrogens is 448 g/mol. The predicted molar refractivity (Wildman–Crippen MR) is 135 cm³/mol. The maximum absolute atomic E-state index is 13.4. The number of nitrogens with one attached hydrogen (secondary N) is 1. The number of hydrogen-bond acceptors (Lipinski definition) is 6. The first kappa shape index (κ1) is 22.7. The topological polar surface area (TPSA) is 89.0 Å². The lowest BCUT2D eigenvalue weighted by atomic mass is 9.98. The second kappa shape index (κ2) is 9.66. The Bertz CT molecular complexity index is 1320. The van der Waals surface area contributed by atoms with E-state index in [0.29, 0.717) is 13.1 Å². The molecule has 5 rings (SSSR count). The molecule has 2 aliphatic rings. The van der Waals surface area contributed by atoms with E-state index in [0.717, 1.165) is 52.0 Å². The number of allylic oxidation sites excluding steroid dienone is 1. The fraction of sp³-hybridized carbons (Fsp3) is 0.346. The van der Waals surface area contributed by atoms with E-state index in [2.05, 4.69) is 33.1 Å². The van der Waals surface area contributed by atoms with Crippen LogP contribution in [0, 0.1) is 0 Å². The summed E-state index contributed by atoms with van der Waals surface area (Å²) in [6.07, 6.45) is 5.38. The number of hydrogen-bond donors (Lipinski definition) is 2. The predicted octanol–water partition coefficient (Wildman–Crippen LogP) is 3.10. The minimum atomic E-state index is -0.314. The lowest BCUT2D eigenvalue weighted by Gasteiger charge is -2.32. The molecule has 1 saturated heterocycles. The highest BCUT2D eigenvalue weighted by Gasteiger charge is 2.28. The molecule has 0 saturated carbocycles. The summed E-state index contributed by atoms with van der Waals surface area (Å²) in [6, 6.07) is 13.8. The molecule has 7 nitrogen and oxygen atoms in total. The third kappa shape index (κ3) is 4.89. The minimum Gasteiger partial charge on any atom is -0.392 e. The number of carbonyl (C=O) groups excluding carboxylic acids is 1. The second-order valence-electron chi connectivity index (χ2n) is 9.03. The summed E-state index contributed by atoms with van der Waals surface area (Å²) < 4.78 is 0.890. The van der Waals surface area contributed by atoms with Gasteiger partial charge in [-0.25, -0.2) is 0 Å². The quantitative estimate of drug-likeness (QED) is 0.549. The van der Waals surface area contributed by atoms with Gasteiger partial charge in [0.05, 0.1) is 34.5 Å². The van der Waals surface area contributed by atoms with E-state index in [1.165, 1.54) is 11.3 Å². The fourth-order valence-electron chi connectivity index (χ4n) is 4.73. The van der Waals surface area contributed by atoms with Gasteiger partial charge in [-0.3, -0.25) is 19.5 Å². The van der Waals surface area contributed by atoms with Crippen molar-refractivity contribution in [3.05, 3.63) is 81.1 Å². The molecule has 2 aliphatic heterocycles. The van der Waals surface area contributed by atoms with E-state index in [1.807, 2.05) is 48.5 Å². The van der Waals surface area contributed by atoms with Gasteiger partial charge in [-0.1, -0.05) is 41.7 Å². The highest BCUT2D eigenvalue weighted by molar-refractivity contribution is 7.16. The summed E-state index contributed by atoms with van der Waals surface area (Å²) in [7, 11) is 1.85. The van der Waals surface area contributed by atoms with Gasteiger partial charge in [0, 0.05) is 39.3 Å². The lowest BCUT2D eigenvalue weighted by Crippen LogP contribution is -2.39. The number of aromatic amines is 1. The smallest absolute Gasteiger partial charge is 0.305 e. The molecule has 3 heterocycles. The van der Waals surface area contributed by atoms with Crippen LogP contribution in [0.2, 0.25) is 0 Å². The van der Waals surface area contributed by atoms with Crippen LogP contribution in [-0.2, 0) is 11.2 Å². The van der Waals surface area contributed by atoms with Crippen LogP contribution in [0.15, 0.2) is 64.5 Å². The second-order valence-corrected chi connectivity index (χ2v) is 10.0. The Morgan fingerprint density at radius 3 is 2.97 bits per heavy atom. The van der Waals surface area contributed by atoms with Crippen molar-refractivity contribution in [1.82, 2.24) is 14.8 Å². The number of aliphatic imine (C=N–C) groups is 1. The summed E-state index contributed by atoms with van der Waals surface area (Å²) in [6.45, 7) is 2.10. The summed E-state index contributed by atoms with van der Waals surface area (Å²) in [5.74, 6) is 0.00643. The summed E-state index contributed by atoms with van der Waals surface area (Å²) >= 11 is 1.17. The first-order chi connectivity index (χ1) is 16.5. The fourth-order valence-corrected chi connectivity index (χ4v) is 5.45. The third-order valence-corrected chi connectivity index (χ3v) is 7.49. The number of aliphatic hydroxyl groups is 1. The first-order valence-electron chi connectivity index (χ1n) is 11.6. The van der Waals surface area contributed by atoms with Gasteiger partial charge in [0.1, 0.15) is 0 Å². The lowest BCUT2D eigenvalue weighted by molar-refractivity contribution is -0.131. The van der Waals surface area contributed by atoms with Gasteiger partial charge in [0.2, 0.25) is 5.91 Å². The number of H-pyrrole nitrogens is 1. The molecule has 0 aliphatic carbocycles. The van der Waals surface area contributed by atoms with E-state index in [4.69, 9.17) is 0 Å². The molecule has 1 unspecified atom stereocenters. The van der Waals surface area contributed by atoms with Gasteiger partial charge in [0.15, 0.2) is 0 Å². The number of likely N-dealkylation sites (N-methyl/N-ethyl adjacent to an activating group) is 1. The molecule has 8 heteroatoms. The van der Waals surface area contributed by atoms with Gasteiger partial charge in [-0.05, 0) is 41.3 Å². The molecule has 3 aromatic rings. The van der Waals surface area contributed by atoms with Crippen LogP contribution in [0.5, 0.6) is 0 Å². The zero-order valence-electron chi connectivity index (χ0n) is 19.1. The van der Waals surface area contributed by atoms with Crippen LogP contribution in [0.4, 0.5) is 0 Å². The van der Waals surface area contributed by atoms with Crippen LogP contribution >= 0.6 is 11.3 Å². The number of rotatable bonds is 7. The summed E-state index contributed by atoms with van der Waals surface area (Å²) in [4.78, 5) is 36.3. The Morgan fingerprint density at radius 1 is 1.32 bits per heavy atom. The van der Waals surface area contributed by atoms with E-state index < -0.39 is 0 Å². The number of nitrogens with zero attached hydrogens (tertiary/aromatic N) is 3. The number of carbonyl (C=O) groups is 1. The van der Waals surface area contributed by atoms with Gasteiger partial charge in [-0.2, -0.15) is 0 Å². The van der Waals surface area contributed by atoms with Crippen molar-refractivity contribution in [1.29, 1.82) is 0 Å². The van der Waals surface area contributed by atoms with Crippen LogP contribution in [0.25, 0.3) is 10.2 Å². The van der Waals surface area contributed by atoms with E-state index in [-0.39, 0.29) is 29.3 Å². The standard InChI is InChI=1S/C26H28N4O3S/c1-29(25(32)13-17-7-8-24-22(12-17)28-26(33)34-24)23(16-30-11-9-20(31)15-30)19-5-2-4-18(14-19)21-6-3-10-27-21/h2-5,7-8,10,12,14,20,23,31H,6,9,11,13,15-16H2,1H3,(H,28,33)/t20-,23?/m0/s1. The van der Waals surface area contributed by atoms with Crippen molar-refractivity contribution >= 4 is 33.2 Å². The number of aromatic nitrogens is 1. The molecule has 1 aromatic heterocycles. The van der Waals surface area contributed by atoms with Crippen molar-refractivity contribution in [2.24, 2.45) is 4.99 Å². The highest BCUT2D eigenvalue weighted by atomic mass is 32.1. The summed E-state index contributed by atoms with van der Waals surface area (Å²) in [5.41, 5.74) is 4.80. The number of amides is 1. The maximum Gasteiger partial charge on any atom is 0.305 e. The van der Waals surface area contributed by atoms with E-state index >= 15 is 0 Å². The molecule has 0 bridgehead atoms. The van der Waals surface area contributed by atoms with Crippen molar-refractivity contribution in [2.75, 3.05) is 26.7 Å². The molecule has 0 spiro atoms.